The SMILES string of the molecule is CN(c1nc2c(cnn2C)c(=O)[nH]1)C1CC1(C)C. The highest BCUT2D eigenvalue weighted by Crippen LogP contribution is 2.48. The van der Waals surface area contributed by atoms with E-state index in [1.807, 2.05) is 11.9 Å². The molecule has 0 bridgehead atoms. The van der Waals surface area contributed by atoms with Crippen molar-refractivity contribution < 1.29 is 0 Å². The maximum atomic E-state index is 11.9. The second-order valence-electron chi connectivity index (χ2n) is 5.71. The number of aromatic amines is 1. The van der Waals surface area contributed by atoms with Gasteiger partial charge >= 0.3 is 0 Å². The lowest BCUT2D eigenvalue weighted by Gasteiger charge is -2.19. The van der Waals surface area contributed by atoms with Gasteiger partial charge in [0.15, 0.2) is 5.65 Å². The van der Waals surface area contributed by atoms with Crippen LogP contribution in [0.5, 0.6) is 0 Å². The van der Waals surface area contributed by atoms with Crippen LogP contribution >= 0.6 is 0 Å². The van der Waals surface area contributed by atoms with Crippen molar-refractivity contribution in [3.63, 3.8) is 0 Å². The minimum Gasteiger partial charge on any atom is -0.342 e. The van der Waals surface area contributed by atoms with Gasteiger partial charge in [0.2, 0.25) is 5.95 Å². The highest BCUT2D eigenvalue weighted by atomic mass is 16.1. The zero-order chi connectivity index (χ0) is 13.1. The van der Waals surface area contributed by atoms with E-state index in [0.717, 1.165) is 6.42 Å². The van der Waals surface area contributed by atoms with Gasteiger partial charge in [-0.1, -0.05) is 13.8 Å². The first-order chi connectivity index (χ1) is 8.40. The Kier molecular flexibility index (Phi) is 2.09. The van der Waals surface area contributed by atoms with E-state index < -0.39 is 0 Å². The number of H-pyrrole nitrogens is 1. The van der Waals surface area contributed by atoms with E-state index in [4.69, 9.17) is 0 Å². The molecule has 6 heteroatoms. The van der Waals surface area contributed by atoms with E-state index in [1.54, 1.807) is 17.9 Å². The smallest absolute Gasteiger partial charge is 0.263 e. The number of rotatable bonds is 2. The molecular weight excluding hydrogens is 230 g/mol. The number of nitrogens with one attached hydrogen (secondary N) is 1. The molecule has 2 heterocycles. The third-order valence-electron chi connectivity index (χ3n) is 3.85. The van der Waals surface area contributed by atoms with Crippen molar-refractivity contribution in [1.29, 1.82) is 0 Å². The van der Waals surface area contributed by atoms with Gasteiger partial charge in [0.25, 0.3) is 5.56 Å². The topological polar surface area (TPSA) is 66.8 Å². The monoisotopic (exact) mass is 247 g/mol. The number of aromatic nitrogens is 4. The van der Waals surface area contributed by atoms with Crippen LogP contribution in [0, 0.1) is 5.41 Å². The predicted molar refractivity (Wildman–Crippen MR) is 69.7 cm³/mol. The molecule has 2 aromatic rings. The molecule has 0 aromatic carbocycles. The van der Waals surface area contributed by atoms with Crippen LogP contribution in [0.25, 0.3) is 11.0 Å². The molecule has 1 saturated carbocycles. The van der Waals surface area contributed by atoms with Crippen LogP contribution in [-0.2, 0) is 7.05 Å². The molecule has 96 valence electrons. The molecule has 3 rings (SSSR count). The molecule has 1 unspecified atom stereocenters. The minimum atomic E-state index is -0.131. The van der Waals surface area contributed by atoms with Crippen LogP contribution in [0.1, 0.15) is 20.3 Å². The maximum Gasteiger partial charge on any atom is 0.263 e. The third-order valence-corrected chi connectivity index (χ3v) is 3.85. The molecule has 6 nitrogen and oxygen atoms in total. The summed E-state index contributed by atoms with van der Waals surface area (Å²) in [4.78, 5) is 21.3. The summed E-state index contributed by atoms with van der Waals surface area (Å²) in [7, 11) is 3.76. The summed E-state index contributed by atoms with van der Waals surface area (Å²) >= 11 is 0. The second kappa shape index (κ2) is 3.34. The summed E-state index contributed by atoms with van der Waals surface area (Å²) in [5.41, 5.74) is 0.793. The van der Waals surface area contributed by atoms with Crippen molar-refractivity contribution in [3.8, 4) is 0 Å². The van der Waals surface area contributed by atoms with Crippen molar-refractivity contribution in [2.75, 3.05) is 11.9 Å². The van der Waals surface area contributed by atoms with E-state index in [1.165, 1.54) is 0 Å². The summed E-state index contributed by atoms with van der Waals surface area (Å²) in [6.45, 7) is 4.43. The van der Waals surface area contributed by atoms with Crippen LogP contribution in [0.3, 0.4) is 0 Å². The Morgan fingerprint density at radius 3 is 2.83 bits per heavy atom. The molecule has 1 atom stereocenters. The highest BCUT2D eigenvalue weighted by Gasteiger charge is 2.49. The van der Waals surface area contributed by atoms with Crippen molar-refractivity contribution >= 4 is 17.0 Å². The van der Waals surface area contributed by atoms with E-state index in [0.29, 0.717) is 28.4 Å². The van der Waals surface area contributed by atoms with Gasteiger partial charge in [0.05, 0.1) is 6.20 Å². The molecule has 1 aliphatic carbocycles. The van der Waals surface area contributed by atoms with Gasteiger partial charge in [0.1, 0.15) is 5.39 Å². The van der Waals surface area contributed by atoms with Crippen molar-refractivity contribution in [2.45, 2.75) is 26.3 Å². The second-order valence-corrected chi connectivity index (χ2v) is 5.71. The predicted octanol–water partition coefficient (Wildman–Crippen LogP) is 0.891. The maximum absolute atomic E-state index is 11.9. The van der Waals surface area contributed by atoms with Crippen LogP contribution in [-0.4, -0.2) is 32.8 Å². The first-order valence-corrected chi connectivity index (χ1v) is 6.05. The average Bonchev–Trinajstić information content (AvgIpc) is 2.77. The molecule has 0 saturated heterocycles. The van der Waals surface area contributed by atoms with Gasteiger partial charge in [-0.25, -0.2) is 0 Å². The van der Waals surface area contributed by atoms with E-state index in [9.17, 15) is 4.79 Å². The summed E-state index contributed by atoms with van der Waals surface area (Å²) < 4.78 is 1.62. The summed E-state index contributed by atoms with van der Waals surface area (Å²) in [6.07, 6.45) is 2.67. The van der Waals surface area contributed by atoms with Crippen molar-refractivity contribution in [1.82, 2.24) is 19.7 Å². The lowest BCUT2D eigenvalue weighted by atomic mass is 10.2. The van der Waals surface area contributed by atoms with Gasteiger partial charge in [-0.15, -0.1) is 0 Å². The van der Waals surface area contributed by atoms with Gasteiger partial charge < -0.3 is 4.90 Å². The van der Waals surface area contributed by atoms with Gasteiger partial charge in [0, 0.05) is 20.1 Å². The highest BCUT2D eigenvalue weighted by molar-refractivity contribution is 5.74. The van der Waals surface area contributed by atoms with Crippen LogP contribution in [0.15, 0.2) is 11.0 Å². The lowest BCUT2D eigenvalue weighted by molar-refractivity contribution is 0.599. The fraction of sp³-hybridized carbons (Fsp3) is 0.583. The standard InChI is InChI=1S/C12H17N5O/c1-12(2)5-8(12)16(3)11-14-9-7(10(18)15-11)6-13-17(9)4/h6,8H,5H2,1-4H3,(H,14,15,18). The molecule has 1 fully saturated rings. The third kappa shape index (κ3) is 1.52. The molecule has 0 radical (unpaired) electrons. The molecule has 0 spiro atoms. The summed E-state index contributed by atoms with van der Waals surface area (Å²) in [5, 5.41) is 4.59. The lowest BCUT2D eigenvalue weighted by Crippen LogP contribution is -2.28. The molecule has 0 amide bonds. The van der Waals surface area contributed by atoms with Gasteiger partial charge in [-0.3, -0.25) is 14.5 Å². The van der Waals surface area contributed by atoms with Crippen molar-refractivity contribution in [3.05, 3.63) is 16.6 Å². The van der Waals surface area contributed by atoms with E-state index in [2.05, 4.69) is 28.9 Å². The summed E-state index contributed by atoms with van der Waals surface area (Å²) in [6, 6.07) is 0.436. The Morgan fingerprint density at radius 1 is 1.56 bits per heavy atom. The first kappa shape index (κ1) is 11.3. The van der Waals surface area contributed by atoms with Crippen LogP contribution < -0.4 is 10.5 Å². The number of fused-ring (bicyclic) bond motifs is 1. The Balaban J connectivity index is 2.08. The number of hydrogen-bond donors (Lipinski definition) is 1. The zero-order valence-corrected chi connectivity index (χ0v) is 11.1. The van der Waals surface area contributed by atoms with Crippen LogP contribution in [0.4, 0.5) is 5.95 Å². The minimum absolute atomic E-state index is 0.131. The Hall–Kier alpha value is -1.85. The molecule has 1 N–H and O–H groups in total. The van der Waals surface area contributed by atoms with Crippen LogP contribution in [0.2, 0.25) is 0 Å². The molecule has 1 aliphatic rings. The largest absolute Gasteiger partial charge is 0.342 e. The molecule has 2 aromatic heterocycles. The Labute approximate surface area is 105 Å². The van der Waals surface area contributed by atoms with Gasteiger partial charge in [-0.2, -0.15) is 10.1 Å². The quantitative estimate of drug-likeness (QED) is 0.856. The zero-order valence-electron chi connectivity index (χ0n) is 11.1. The number of anilines is 1. The van der Waals surface area contributed by atoms with E-state index >= 15 is 0 Å². The van der Waals surface area contributed by atoms with Gasteiger partial charge in [-0.05, 0) is 11.8 Å². The molecule has 0 aliphatic heterocycles. The Bertz CT molecular complexity index is 669. The Morgan fingerprint density at radius 2 is 2.22 bits per heavy atom. The fourth-order valence-corrected chi connectivity index (χ4v) is 2.44. The molecular formula is C12H17N5O. The van der Waals surface area contributed by atoms with E-state index in [-0.39, 0.29) is 5.56 Å². The average molecular weight is 247 g/mol. The number of aryl methyl sites for hydroxylation is 1. The summed E-state index contributed by atoms with van der Waals surface area (Å²) in [5.74, 6) is 0.617. The number of hydrogen-bond acceptors (Lipinski definition) is 4. The van der Waals surface area contributed by atoms with Crippen molar-refractivity contribution in [2.24, 2.45) is 12.5 Å². The normalized spacial score (nSPS) is 21.2. The molecule has 18 heavy (non-hydrogen) atoms. The first-order valence-electron chi connectivity index (χ1n) is 6.05. The number of nitrogens with zero attached hydrogens (tertiary/aromatic N) is 4. The fourth-order valence-electron chi connectivity index (χ4n) is 2.44.